The second-order valence-electron chi connectivity index (χ2n) is 6.43. The molecule has 0 spiro atoms. The molecule has 0 bridgehead atoms. The number of carbonyl (C=O) groups is 1. The van der Waals surface area contributed by atoms with Crippen molar-refractivity contribution < 1.29 is 9.32 Å². The Hall–Kier alpha value is -2.30. The number of carbonyl (C=O) groups excluding carboxylic acids is 1. The number of aromatic nitrogens is 1. The first kappa shape index (κ1) is 15.6. The van der Waals surface area contributed by atoms with Gasteiger partial charge in [-0.3, -0.25) is 0 Å². The zero-order chi connectivity index (χ0) is 16.6. The maximum absolute atomic E-state index is 12.7. The van der Waals surface area contributed by atoms with Gasteiger partial charge in [-0.2, -0.15) is 0 Å². The summed E-state index contributed by atoms with van der Waals surface area (Å²) in [5.41, 5.74) is 5.12. The van der Waals surface area contributed by atoms with E-state index in [1.807, 2.05) is 31.7 Å². The first-order chi connectivity index (χ1) is 11.0. The van der Waals surface area contributed by atoms with Crippen molar-refractivity contribution in [3.8, 4) is 0 Å². The van der Waals surface area contributed by atoms with Crippen molar-refractivity contribution in [1.29, 1.82) is 0 Å². The van der Waals surface area contributed by atoms with Crippen molar-refractivity contribution in [3.63, 3.8) is 0 Å². The molecule has 1 N–H and O–H groups in total. The van der Waals surface area contributed by atoms with Gasteiger partial charge in [0.05, 0.1) is 11.7 Å². The smallest absolute Gasteiger partial charge is 0.322 e. The van der Waals surface area contributed by atoms with E-state index in [1.54, 1.807) is 0 Å². The van der Waals surface area contributed by atoms with Crippen molar-refractivity contribution >= 4 is 11.7 Å². The number of urea groups is 1. The minimum absolute atomic E-state index is 0.0257. The molecule has 122 valence electrons. The third-order valence-corrected chi connectivity index (χ3v) is 4.40. The standard InChI is InChI=1S/C18H23N3O2/c1-11-8-12(2)17(13(3)9-11)19-18(22)21-7-5-6-15(21)16-10-14(4)20-23-16/h8-10,15H,5-7H2,1-4H3,(H,19,22). The van der Waals surface area contributed by atoms with Gasteiger partial charge in [0, 0.05) is 18.3 Å². The maximum Gasteiger partial charge on any atom is 0.322 e. The Labute approximate surface area is 136 Å². The minimum Gasteiger partial charge on any atom is -0.359 e. The van der Waals surface area contributed by atoms with Gasteiger partial charge >= 0.3 is 6.03 Å². The van der Waals surface area contributed by atoms with E-state index in [2.05, 4.69) is 29.5 Å². The number of amides is 2. The third-order valence-electron chi connectivity index (χ3n) is 4.40. The second kappa shape index (κ2) is 6.07. The molecule has 1 aromatic heterocycles. The number of likely N-dealkylation sites (tertiary alicyclic amines) is 1. The quantitative estimate of drug-likeness (QED) is 0.900. The first-order valence-corrected chi connectivity index (χ1v) is 8.04. The van der Waals surface area contributed by atoms with Crippen LogP contribution in [0.5, 0.6) is 0 Å². The Balaban J connectivity index is 1.80. The zero-order valence-electron chi connectivity index (χ0n) is 14.1. The van der Waals surface area contributed by atoms with Gasteiger partial charge in [-0.05, 0) is 51.7 Å². The summed E-state index contributed by atoms with van der Waals surface area (Å²) >= 11 is 0. The minimum atomic E-state index is -0.0726. The summed E-state index contributed by atoms with van der Waals surface area (Å²) in [6.07, 6.45) is 1.89. The van der Waals surface area contributed by atoms with Crippen LogP contribution in [-0.2, 0) is 0 Å². The number of rotatable bonds is 2. The lowest BCUT2D eigenvalue weighted by Gasteiger charge is -2.24. The van der Waals surface area contributed by atoms with E-state index >= 15 is 0 Å². The van der Waals surface area contributed by atoms with E-state index in [9.17, 15) is 4.79 Å². The van der Waals surface area contributed by atoms with Gasteiger partial charge in [0.15, 0.2) is 5.76 Å². The highest BCUT2D eigenvalue weighted by atomic mass is 16.5. The Morgan fingerprint density at radius 2 is 1.91 bits per heavy atom. The highest BCUT2D eigenvalue weighted by Crippen LogP contribution is 2.33. The van der Waals surface area contributed by atoms with Gasteiger partial charge < -0.3 is 14.7 Å². The molecule has 1 saturated heterocycles. The van der Waals surface area contributed by atoms with Gasteiger partial charge in [-0.25, -0.2) is 4.79 Å². The van der Waals surface area contributed by atoms with Crippen LogP contribution in [0.2, 0.25) is 0 Å². The number of hydrogen-bond acceptors (Lipinski definition) is 3. The maximum atomic E-state index is 12.7. The van der Waals surface area contributed by atoms with Crippen LogP contribution in [-0.4, -0.2) is 22.6 Å². The lowest BCUT2D eigenvalue weighted by atomic mass is 10.1. The fourth-order valence-electron chi connectivity index (χ4n) is 3.40. The molecule has 3 rings (SSSR count). The molecular formula is C18H23N3O2. The van der Waals surface area contributed by atoms with E-state index < -0.39 is 0 Å². The first-order valence-electron chi connectivity index (χ1n) is 8.04. The highest BCUT2D eigenvalue weighted by Gasteiger charge is 2.33. The molecule has 2 aromatic rings. The van der Waals surface area contributed by atoms with E-state index in [-0.39, 0.29) is 12.1 Å². The van der Waals surface area contributed by atoms with Crippen LogP contribution >= 0.6 is 0 Å². The predicted octanol–water partition coefficient (Wildman–Crippen LogP) is 4.28. The van der Waals surface area contributed by atoms with Crippen LogP contribution in [0.3, 0.4) is 0 Å². The van der Waals surface area contributed by atoms with Crippen molar-refractivity contribution in [2.75, 3.05) is 11.9 Å². The highest BCUT2D eigenvalue weighted by molar-refractivity contribution is 5.91. The van der Waals surface area contributed by atoms with Crippen molar-refractivity contribution in [2.45, 2.75) is 46.6 Å². The van der Waals surface area contributed by atoms with E-state index in [0.717, 1.165) is 47.7 Å². The Morgan fingerprint density at radius 3 is 2.52 bits per heavy atom. The SMILES string of the molecule is Cc1cc(C)c(NC(=O)N2CCCC2c2cc(C)no2)c(C)c1. The summed E-state index contributed by atoms with van der Waals surface area (Å²) in [6, 6.07) is 5.99. The molecular weight excluding hydrogens is 290 g/mol. The molecule has 1 unspecified atom stereocenters. The van der Waals surface area contributed by atoms with Gasteiger partial charge in [0.2, 0.25) is 0 Å². The average molecular weight is 313 g/mol. The van der Waals surface area contributed by atoms with Crippen LogP contribution in [0.25, 0.3) is 0 Å². The predicted molar refractivity (Wildman–Crippen MR) is 89.6 cm³/mol. The van der Waals surface area contributed by atoms with Crippen molar-refractivity contribution in [1.82, 2.24) is 10.1 Å². The van der Waals surface area contributed by atoms with Crippen molar-refractivity contribution in [3.05, 3.63) is 46.3 Å². The van der Waals surface area contributed by atoms with E-state index in [4.69, 9.17) is 4.52 Å². The summed E-state index contributed by atoms with van der Waals surface area (Å²) in [4.78, 5) is 14.6. The average Bonchev–Trinajstić information content (AvgIpc) is 3.10. The summed E-state index contributed by atoms with van der Waals surface area (Å²) in [6.45, 7) is 8.74. The van der Waals surface area contributed by atoms with Crippen LogP contribution in [0.1, 0.15) is 47.0 Å². The Kier molecular flexibility index (Phi) is 4.11. The fraction of sp³-hybridized carbons (Fsp3) is 0.444. The molecule has 0 saturated carbocycles. The molecule has 2 heterocycles. The Bertz CT molecular complexity index is 713. The van der Waals surface area contributed by atoms with E-state index in [1.165, 1.54) is 5.56 Å². The molecule has 1 aliphatic rings. The van der Waals surface area contributed by atoms with Crippen molar-refractivity contribution in [2.24, 2.45) is 0 Å². The summed E-state index contributed by atoms with van der Waals surface area (Å²) in [7, 11) is 0. The van der Waals surface area contributed by atoms with E-state index in [0.29, 0.717) is 0 Å². The second-order valence-corrected chi connectivity index (χ2v) is 6.43. The van der Waals surface area contributed by atoms with Gasteiger partial charge in [0.25, 0.3) is 0 Å². The number of hydrogen-bond donors (Lipinski definition) is 1. The molecule has 0 radical (unpaired) electrons. The number of nitrogens with one attached hydrogen (secondary N) is 1. The van der Waals surface area contributed by atoms with Gasteiger partial charge in [0.1, 0.15) is 0 Å². The molecule has 2 amide bonds. The van der Waals surface area contributed by atoms with Gasteiger partial charge in [-0.15, -0.1) is 0 Å². The summed E-state index contributed by atoms with van der Waals surface area (Å²) in [5.74, 6) is 0.771. The van der Waals surface area contributed by atoms with Crippen LogP contribution < -0.4 is 5.32 Å². The molecule has 5 nitrogen and oxygen atoms in total. The lowest BCUT2D eigenvalue weighted by Crippen LogP contribution is -2.34. The molecule has 0 aliphatic carbocycles. The number of benzene rings is 1. The molecule has 23 heavy (non-hydrogen) atoms. The number of aryl methyl sites for hydroxylation is 4. The Morgan fingerprint density at radius 1 is 1.22 bits per heavy atom. The molecule has 1 fully saturated rings. The fourth-order valence-corrected chi connectivity index (χ4v) is 3.40. The monoisotopic (exact) mass is 313 g/mol. The summed E-state index contributed by atoms with van der Waals surface area (Å²) in [5, 5.41) is 7.02. The molecule has 1 aromatic carbocycles. The molecule has 1 atom stereocenters. The van der Waals surface area contributed by atoms with Crippen LogP contribution in [0, 0.1) is 27.7 Å². The molecule has 1 aliphatic heterocycles. The summed E-state index contributed by atoms with van der Waals surface area (Å²) < 4.78 is 5.37. The topological polar surface area (TPSA) is 58.4 Å². The van der Waals surface area contributed by atoms with Crippen LogP contribution in [0.15, 0.2) is 22.7 Å². The third kappa shape index (κ3) is 3.09. The largest absolute Gasteiger partial charge is 0.359 e. The normalized spacial score (nSPS) is 17.6. The number of anilines is 1. The van der Waals surface area contributed by atoms with Crippen LogP contribution in [0.4, 0.5) is 10.5 Å². The number of nitrogens with zero attached hydrogens (tertiary/aromatic N) is 2. The molecule has 5 heteroatoms. The van der Waals surface area contributed by atoms with Gasteiger partial charge in [-0.1, -0.05) is 22.9 Å². The lowest BCUT2D eigenvalue weighted by molar-refractivity contribution is 0.195. The zero-order valence-corrected chi connectivity index (χ0v) is 14.1.